The van der Waals surface area contributed by atoms with E-state index in [-0.39, 0.29) is 6.04 Å². The number of hydrogen-bond acceptors (Lipinski definition) is 4. The average molecular weight is 339 g/mol. The molecule has 1 heterocycles. The first-order valence-corrected chi connectivity index (χ1v) is 7.60. The first-order chi connectivity index (χ1) is 9.19. The summed E-state index contributed by atoms with van der Waals surface area (Å²) < 4.78 is 6.23. The zero-order valence-electron chi connectivity index (χ0n) is 10.5. The van der Waals surface area contributed by atoms with Gasteiger partial charge in [-0.05, 0) is 29.8 Å². The van der Waals surface area contributed by atoms with E-state index in [1.54, 1.807) is 31.3 Å². The molecule has 1 atom stereocenters. The molecule has 0 aliphatic heterocycles. The molecule has 1 aromatic carbocycles. The lowest BCUT2D eigenvalue weighted by Gasteiger charge is -2.12. The maximum atomic E-state index is 6.18. The van der Waals surface area contributed by atoms with Crippen LogP contribution in [0.3, 0.4) is 0 Å². The van der Waals surface area contributed by atoms with Gasteiger partial charge in [0.25, 0.3) is 0 Å². The van der Waals surface area contributed by atoms with Gasteiger partial charge >= 0.3 is 0 Å². The number of aromatic nitrogens is 1. The van der Waals surface area contributed by atoms with Gasteiger partial charge in [0.05, 0.1) is 13.3 Å². The number of rotatable bonds is 5. The predicted molar refractivity (Wildman–Crippen MR) is 82.6 cm³/mol. The van der Waals surface area contributed by atoms with Crippen molar-refractivity contribution in [3.8, 4) is 5.75 Å². The summed E-state index contributed by atoms with van der Waals surface area (Å²) in [6.45, 7) is 0. The molecule has 2 rings (SSSR count). The number of hydrogen-bond donors (Lipinski definition) is 1. The topological polar surface area (TPSA) is 48.1 Å². The second kappa shape index (κ2) is 6.93. The summed E-state index contributed by atoms with van der Waals surface area (Å²) in [5.41, 5.74) is 7.16. The van der Waals surface area contributed by atoms with Crippen LogP contribution in [0.25, 0.3) is 0 Å². The lowest BCUT2D eigenvalue weighted by atomic mass is 10.1. The van der Waals surface area contributed by atoms with Gasteiger partial charge in [0.1, 0.15) is 5.75 Å². The van der Waals surface area contributed by atoms with Crippen molar-refractivity contribution in [2.75, 3.05) is 12.9 Å². The van der Waals surface area contributed by atoms with Crippen molar-refractivity contribution >= 4 is 27.7 Å². The number of benzene rings is 1. The van der Waals surface area contributed by atoms with Crippen LogP contribution >= 0.6 is 27.7 Å². The van der Waals surface area contributed by atoms with E-state index < -0.39 is 0 Å². The Morgan fingerprint density at radius 1 is 1.37 bits per heavy atom. The highest BCUT2D eigenvalue weighted by atomic mass is 79.9. The van der Waals surface area contributed by atoms with Crippen LogP contribution in [0.15, 0.2) is 52.1 Å². The van der Waals surface area contributed by atoms with Gasteiger partial charge in [-0.3, -0.25) is 4.98 Å². The summed E-state index contributed by atoms with van der Waals surface area (Å²) in [5.74, 6) is 1.53. The molecule has 5 heteroatoms. The van der Waals surface area contributed by atoms with E-state index >= 15 is 0 Å². The van der Waals surface area contributed by atoms with E-state index in [0.717, 1.165) is 21.5 Å². The molecule has 3 nitrogen and oxygen atoms in total. The van der Waals surface area contributed by atoms with Crippen molar-refractivity contribution in [3.63, 3.8) is 0 Å². The van der Waals surface area contributed by atoms with E-state index in [2.05, 4.69) is 33.0 Å². The molecule has 100 valence electrons. The van der Waals surface area contributed by atoms with Gasteiger partial charge in [-0.1, -0.05) is 22.0 Å². The first-order valence-electron chi connectivity index (χ1n) is 5.82. The summed E-state index contributed by atoms with van der Waals surface area (Å²) in [5, 5.41) is 0. The molecule has 0 fully saturated rings. The third-order valence-electron chi connectivity index (χ3n) is 2.62. The van der Waals surface area contributed by atoms with Crippen molar-refractivity contribution in [1.29, 1.82) is 0 Å². The molecule has 0 saturated heterocycles. The van der Waals surface area contributed by atoms with Crippen molar-refractivity contribution in [2.24, 2.45) is 5.73 Å². The lowest BCUT2D eigenvalue weighted by Crippen LogP contribution is -2.13. The zero-order valence-corrected chi connectivity index (χ0v) is 12.9. The standard InChI is InChI=1S/C14H15BrN2OS/c1-18-12-5-10(7-17-8-12)14(16)9-19-13-4-2-3-11(15)6-13/h2-8,14H,9,16H2,1H3. The molecular weight excluding hydrogens is 324 g/mol. The SMILES string of the molecule is COc1cncc(C(N)CSc2cccc(Br)c2)c1. The van der Waals surface area contributed by atoms with Crippen molar-refractivity contribution in [3.05, 3.63) is 52.8 Å². The number of nitrogens with two attached hydrogens (primary N) is 1. The monoisotopic (exact) mass is 338 g/mol. The van der Waals surface area contributed by atoms with Crippen LogP contribution in [0, 0.1) is 0 Å². The van der Waals surface area contributed by atoms with Crippen molar-refractivity contribution in [1.82, 2.24) is 4.98 Å². The van der Waals surface area contributed by atoms with E-state index in [0.29, 0.717) is 0 Å². The Kier molecular flexibility index (Phi) is 5.24. The van der Waals surface area contributed by atoms with Crippen molar-refractivity contribution in [2.45, 2.75) is 10.9 Å². The second-order valence-corrected chi connectivity index (χ2v) is 6.04. The van der Waals surface area contributed by atoms with Gasteiger partial charge < -0.3 is 10.5 Å². The van der Waals surface area contributed by atoms with Gasteiger partial charge in [0, 0.05) is 27.4 Å². The molecule has 0 aliphatic carbocycles. The summed E-state index contributed by atoms with van der Waals surface area (Å²) in [7, 11) is 1.63. The normalized spacial score (nSPS) is 12.2. The van der Waals surface area contributed by atoms with Crippen LogP contribution < -0.4 is 10.5 Å². The van der Waals surface area contributed by atoms with E-state index in [1.165, 1.54) is 4.90 Å². The lowest BCUT2D eigenvalue weighted by molar-refractivity contribution is 0.412. The first kappa shape index (κ1) is 14.4. The van der Waals surface area contributed by atoms with Gasteiger partial charge in [0.15, 0.2) is 0 Å². The highest BCUT2D eigenvalue weighted by molar-refractivity contribution is 9.10. The molecular formula is C14H15BrN2OS. The summed E-state index contributed by atoms with van der Waals surface area (Å²) in [6, 6.07) is 10.1. The molecule has 2 aromatic rings. The molecule has 19 heavy (non-hydrogen) atoms. The fourth-order valence-electron chi connectivity index (χ4n) is 1.59. The van der Waals surface area contributed by atoms with Crippen LogP contribution in [0.4, 0.5) is 0 Å². The zero-order chi connectivity index (χ0) is 13.7. The Balaban J connectivity index is 1.99. The highest BCUT2D eigenvalue weighted by Gasteiger charge is 2.08. The predicted octanol–water partition coefficient (Wildman–Crippen LogP) is 3.64. The van der Waals surface area contributed by atoms with E-state index in [9.17, 15) is 0 Å². The van der Waals surface area contributed by atoms with Gasteiger partial charge in [0.2, 0.25) is 0 Å². The maximum Gasteiger partial charge on any atom is 0.137 e. The molecule has 0 aliphatic rings. The number of thioether (sulfide) groups is 1. The number of ether oxygens (including phenoxy) is 1. The Morgan fingerprint density at radius 2 is 2.21 bits per heavy atom. The van der Waals surface area contributed by atoms with Crippen molar-refractivity contribution < 1.29 is 4.74 Å². The third-order valence-corrected chi connectivity index (χ3v) is 4.23. The molecule has 2 N–H and O–H groups in total. The summed E-state index contributed by atoms with van der Waals surface area (Å²) >= 11 is 5.19. The molecule has 0 bridgehead atoms. The van der Waals surface area contributed by atoms with Crippen LogP contribution in [0.5, 0.6) is 5.75 Å². The van der Waals surface area contributed by atoms with Gasteiger partial charge in [-0.2, -0.15) is 0 Å². The molecule has 1 aromatic heterocycles. The second-order valence-electron chi connectivity index (χ2n) is 4.03. The van der Waals surface area contributed by atoms with Crippen LogP contribution in [-0.4, -0.2) is 17.8 Å². The third kappa shape index (κ3) is 4.23. The fourth-order valence-corrected chi connectivity index (χ4v) is 3.09. The number of methoxy groups -OCH3 is 1. The number of nitrogens with zero attached hydrogens (tertiary/aromatic N) is 1. The smallest absolute Gasteiger partial charge is 0.137 e. The Labute approximate surface area is 125 Å². The minimum absolute atomic E-state index is 0.0634. The largest absolute Gasteiger partial charge is 0.495 e. The Bertz CT molecular complexity index is 550. The minimum atomic E-state index is -0.0634. The minimum Gasteiger partial charge on any atom is -0.495 e. The highest BCUT2D eigenvalue weighted by Crippen LogP contribution is 2.26. The molecule has 0 radical (unpaired) electrons. The van der Waals surface area contributed by atoms with Gasteiger partial charge in [-0.25, -0.2) is 0 Å². The van der Waals surface area contributed by atoms with Crippen LogP contribution in [0.1, 0.15) is 11.6 Å². The molecule has 0 amide bonds. The molecule has 1 unspecified atom stereocenters. The van der Waals surface area contributed by atoms with Crippen LogP contribution in [-0.2, 0) is 0 Å². The quantitative estimate of drug-likeness (QED) is 0.845. The molecule has 0 saturated carbocycles. The summed E-state index contributed by atoms with van der Waals surface area (Å²) in [4.78, 5) is 5.32. The Morgan fingerprint density at radius 3 is 2.95 bits per heavy atom. The Hall–Kier alpha value is -1.04. The number of halogens is 1. The average Bonchev–Trinajstić information content (AvgIpc) is 2.45. The fraction of sp³-hybridized carbons (Fsp3) is 0.214. The van der Waals surface area contributed by atoms with Gasteiger partial charge in [-0.15, -0.1) is 11.8 Å². The summed E-state index contributed by atoms with van der Waals surface area (Å²) in [6.07, 6.45) is 3.46. The van der Waals surface area contributed by atoms with Crippen LogP contribution in [0.2, 0.25) is 0 Å². The van der Waals surface area contributed by atoms with E-state index in [1.807, 2.05) is 18.2 Å². The number of pyridine rings is 1. The van der Waals surface area contributed by atoms with E-state index in [4.69, 9.17) is 10.5 Å². The molecule has 0 spiro atoms. The maximum absolute atomic E-state index is 6.18.